The Balaban J connectivity index is 2.83. The molecule has 0 N–H and O–H groups in total. The number of rotatable bonds is 4. The molecule has 9 heavy (non-hydrogen) atoms. The summed E-state index contributed by atoms with van der Waals surface area (Å²) in [6, 6.07) is 0. The molecular formula is C5H11O2PS. The number of hydrogen-bond donors (Lipinski definition) is 0. The molecule has 0 aromatic rings. The average Bonchev–Trinajstić information content (AvgIpc) is 1.80. The minimum atomic E-state index is 0.165. The molecule has 1 atom stereocenters. The van der Waals surface area contributed by atoms with E-state index in [1.165, 1.54) is 11.8 Å². The van der Waals surface area contributed by atoms with Crippen LogP contribution in [0.2, 0.25) is 0 Å². The van der Waals surface area contributed by atoms with Gasteiger partial charge in [0.2, 0.25) is 0 Å². The summed E-state index contributed by atoms with van der Waals surface area (Å²) in [5.74, 6) is 0.788. The summed E-state index contributed by atoms with van der Waals surface area (Å²) in [4.78, 5) is 10.3. The van der Waals surface area contributed by atoms with E-state index in [-0.39, 0.29) is 5.12 Å². The molecule has 54 valence electrons. The van der Waals surface area contributed by atoms with Crippen LogP contribution >= 0.6 is 20.6 Å². The predicted octanol–water partition coefficient (Wildman–Crippen LogP) is 1.51. The zero-order valence-corrected chi connectivity index (χ0v) is 7.46. The summed E-state index contributed by atoms with van der Waals surface area (Å²) in [6.07, 6.45) is 0. The molecular weight excluding hydrogens is 155 g/mol. The Morgan fingerprint density at radius 2 is 2.44 bits per heavy atom. The van der Waals surface area contributed by atoms with E-state index in [0.29, 0.717) is 15.4 Å². The molecule has 0 aliphatic heterocycles. The maximum atomic E-state index is 10.3. The molecule has 0 saturated carbocycles. The Hall–Kier alpha value is 0.410. The number of carbonyl (C=O) groups is 1. The smallest absolute Gasteiger partial charge is 0.185 e. The number of hydrogen-bond acceptors (Lipinski definition) is 3. The average molecular weight is 166 g/mol. The highest BCUT2D eigenvalue weighted by Gasteiger charge is 1.91. The van der Waals surface area contributed by atoms with Gasteiger partial charge in [-0.3, -0.25) is 4.79 Å². The topological polar surface area (TPSA) is 26.3 Å². The van der Waals surface area contributed by atoms with Crippen LogP contribution in [-0.4, -0.2) is 24.1 Å². The molecule has 2 nitrogen and oxygen atoms in total. The molecule has 0 aliphatic carbocycles. The Kier molecular flexibility index (Phi) is 6.83. The first-order valence-corrected chi connectivity index (χ1v) is 5.08. The van der Waals surface area contributed by atoms with E-state index in [1.807, 2.05) is 6.66 Å². The molecule has 0 spiro atoms. The Bertz CT molecular complexity index is 87.0. The normalized spacial score (nSPS) is 10.9. The van der Waals surface area contributed by atoms with Crippen molar-refractivity contribution in [3.8, 4) is 0 Å². The third-order valence-corrected chi connectivity index (χ3v) is 1.91. The van der Waals surface area contributed by atoms with E-state index in [2.05, 4.69) is 0 Å². The van der Waals surface area contributed by atoms with Gasteiger partial charge in [-0.2, -0.15) is 0 Å². The fourth-order valence-electron chi connectivity index (χ4n) is 0.329. The van der Waals surface area contributed by atoms with Crippen molar-refractivity contribution in [3.05, 3.63) is 0 Å². The SMILES string of the molecule is CPOCCSC(C)=O. The number of thioether (sulfide) groups is 1. The van der Waals surface area contributed by atoms with Crippen LogP contribution < -0.4 is 0 Å². The second kappa shape index (κ2) is 6.53. The van der Waals surface area contributed by atoms with E-state index in [0.717, 1.165) is 5.75 Å². The van der Waals surface area contributed by atoms with E-state index in [4.69, 9.17) is 4.52 Å². The molecule has 0 amide bonds. The van der Waals surface area contributed by atoms with Gasteiger partial charge in [0.1, 0.15) is 0 Å². The van der Waals surface area contributed by atoms with Crippen LogP contribution in [0, 0.1) is 0 Å². The lowest BCUT2D eigenvalue weighted by Gasteiger charge is -1.96. The van der Waals surface area contributed by atoms with E-state index in [9.17, 15) is 4.79 Å². The predicted molar refractivity (Wildman–Crippen MR) is 43.3 cm³/mol. The molecule has 0 bridgehead atoms. The fraction of sp³-hybridized carbons (Fsp3) is 0.800. The highest BCUT2D eigenvalue weighted by molar-refractivity contribution is 8.13. The van der Waals surface area contributed by atoms with Crippen molar-refractivity contribution < 1.29 is 9.32 Å². The molecule has 0 radical (unpaired) electrons. The summed E-state index contributed by atoms with van der Waals surface area (Å²) in [5, 5.41) is 0.165. The van der Waals surface area contributed by atoms with Gasteiger partial charge in [-0.25, -0.2) is 0 Å². The van der Waals surface area contributed by atoms with Crippen molar-refractivity contribution >= 4 is 25.7 Å². The van der Waals surface area contributed by atoms with Crippen LogP contribution in [0.4, 0.5) is 0 Å². The molecule has 4 heteroatoms. The largest absolute Gasteiger partial charge is 0.362 e. The van der Waals surface area contributed by atoms with Crippen molar-refractivity contribution in [2.45, 2.75) is 6.92 Å². The number of carbonyl (C=O) groups excluding carboxylic acids is 1. The van der Waals surface area contributed by atoms with Gasteiger partial charge in [0.25, 0.3) is 0 Å². The van der Waals surface area contributed by atoms with Gasteiger partial charge in [-0.1, -0.05) is 11.8 Å². The lowest BCUT2D eigenvalue weighted by atomic mass is 10.9. The molecule has 0 rings (SSSR count). The van der Waals surface area contributed by atoms with Gasteiger partial charge < -0.3 is 4.52 Å². The quantitative estimate of drug-likeness (QED) is 0.467. The zero-order valence-electron chi connectivity index (χ0n) is 5.64. The van der Waals surface area contributed by atoms with Crippen LogP contribution in [0.25, 0.3) is 0 Å². The van der Waals surface area contributed by atoms with Gasteiger partial charge in [0, 0.05) is 21.5 Å². The lowest BCUT2D eigenvalue weighted by molar-refractivity contribution is -0.109. The van der Waals surface area contributed by atoms with Crippen LogP contribution in [0.3, 0.4) is 0 Å². The van der Waals surface area contributed by atoms with Gasteiger partial charge >= 0.3 is 0 Å². The standard InChI is InChI=1S/C5H11O2PS/c1-5(6)9-4-3-7-8-2/h8H,3-4H2,1-2H3. The van der Waals surface area contributed by atoms with Crippen molar-refractivity contribution in [1.82, 2.24) is 0 Å². The summed E-state index contributed by atoms with van der Waals surface area (Å²) < 4.78 is 5.04. The van der Waals surface area contributed by atoms with Crippen molar-refractivity contribution in [3.63, 3.8) is 0 Å². The minimum absolute atomic E-state index is 0.165. The lowest BCUT2D eigenvalue weighted by Crippen LogP contribution is -1.92. The Labute approximate surface area is 61.6 Å². The first-order valence-electron chi connectivity index (χ1n) is 2.69. The molecule has 0 heterocycles. The van der Waals surface area contributed by atoms with E-state index < -0.39 is 0 Å². The highest BCUT2D eigenvalue weighted by Crippen LogP contribution is 2.06. The summed E-state index contributed by atoms with van der Waals surface area (Å²) in [7, 11) is 0.537. The highest BCUT2D eigenvalue weighted by atomic mass is 32.2. The third-order valence-electron chi connectivity index (χ3n) is 0.635. The second-order valence-electron chi connectivity index (χ2n) is 1.39. The molecule has 0 aromatic heterocycles. The molecule has 0 aromatic carbocycles. The van der Waals surface area contributed by atoms with Gasteiger partial charge in [-0.15, -0.1) is 0 Å². The Morgan fingerprint density at radius 3 is 2.89 bits per heavy atom. The summed E-state index contributed by atoms with van der Waals surface area (Å²) >= 11 is 1.31. The fourth-order valence-corrected chi connectivity index (χ4v) is 1.24. The van der Waals surface area contributed by atoms with Crippen LogP contribution in [-0.2, 0) is 9.32 Å². The van der Waals surface area contributed by atoms with Gasteiger partial charge in [0.05, 0.1) is 6.61 Å². The van der Waals surface area contributed by atoms with Gasteiger partial charge in [0.15, 0.2) is 5.12 Å². The van der Waals surface area contributed by atoms with Crippen molar-refractivity contribution in [1.29, 1.82) is 0 Å². The maximum Gasteiger partial charge on any atom is 0.185 e. The first-order chi connectivity index (χ1) is 4.27. The van der Waals surface area contributed by atoms with E-state index in [1.54, 1.807) is 6.92 Å². The summed E-state index contributed by atoms with van der Waals surface area (Å²) in [6.45, 7) is 4.23. The maximum absolute atomic E-state index is 10.3. The van der Waals surface area contributed by atoms with Gasteiger partial charge in [-0.05, 0) is 6.66 Å². The third kappa shape index (κ3) is 8.41. The second-order valence-corrected chi connectivity index (χ2v) is 3.36. The van der Waals surface area contributed by atoms with Crippen molar-refractivity contribution in [2.75, 3.05) is 19.0 Å². The van der Waals surface area contributed by atoms with Crippen molar-refractivity contribution in [2.24, 2.45) is 0 Å². The monoisotopic (exact) mass is 166 g/mol. The van der Waals surface area contributed by atoms with Crippen LogP contribution in [0.15, 0.2) is 0 Å². The summed E-state index contributed by atoms with van der Waals surface area (Å²) in [5.41, 5.74) is 0. The first kappa shape index (κ1) is 9.41. The van der Waals surface area contributed by atoms with Crippen LogP contribution in [0.1, 0.15) is 6.92 Å². The molecule has 0 aliphatic rings. The zero-order chi connectivity index (χ0) is 7.11. The molecule has 1 unspecified atom stereocenters. The van der Waals surface area contributed by atoms with Crippen LogP contribution in [0.5, 0.6) is 0 Å². The van der Waals surface area contributed by atoms with E-state index >= 15 is 0 Å². The Morgan fingerprint density at radius 1 is 1.78 bits per heavy atom. The minimum Gasteiger partial charge on any atom is -0.362 e. The molecule has 0 saturated heterocycles. The molecule has 0 fully saturated rings.